The van der Waals surface area contributed by atoms with Gasteiger partial charge in [-0.2, -0.15) is 0 Å². The van der Waals surface area contributed by atoms with Crippen molar-refractivity contribution in [1.29, 1.82) is 0 Å². The number of para-hydroxylation sites is 1. The molecule has 18 heavy (non-hydrogen) atoms. The number of likely N-dealkylation sites (tertiary alicyclic amines) is 1. The van der Waals surface area contributed by atoms with Crippen molar-refractivity contribution in [2.24, 2.45) is 10.8 Å². The van der Waals surface area contributed by atoms with Gasteiger partial charge in [0, 0.05) is 13.1 Å². The van der Waals surface area contributed by atoms with Crippen LogP contribution in [0.15, 0.2) is 29.4 Å². The van der Waals surface area contributed by atoms with E-state index in [0.717, 1.165) is 18.8 Å². The first-order valence-electron chi connectivity index (χ1n) is 6.36. The monoisotopic (exact) mass is 266 g/mol. The van der Waals surface area contributed by atoms with Crippen LogP contribution in [0.4, 0.5) is 5.69 Å². The average molecular weight is 267 g/mol. The largest absolute Gasteiger partial charge is 0.368 e. The molecule has 0 unspecified atom stereocenters. The van der Waals surface area contributed by atoms with Gasteiger partial charge in [0.05, 0.1) is 10.7 Å². The summed E-state index contributed by atoms with van der Waals surface area (Å²) in [7, 11) is 0. The summed E-state index contributed by atoms with van der Waals surface area (Å²) in [6.45, 7) is 1.97. The molecule has 98 valence electrons. The van der Waals surface area contributed by atoms with Crippen LogP contribution in [-0.2, 0) is 0 Å². The summed E-state index contributed by atoms with van der Waals surface area (Å²) in [5.41, 5.74) is 9.68. The molecule has 5 heteroatoms. The highest BCUT2D eigenvalue weighted by atomic mass is 35.5. The number of rotatable bonds is 2. The Balaban J connectivity index is 1.97. The number of hydrogen-bond acceptors (Lipinski definition) is 2. The smallest absolute Gasteiger partial charge is 0.214 e. The fourth-order valence-corrected chi connectivity index (χ4v) is 2.22. The van der Waals surface area contributed by atoms with Crippen LogP contribution < -0.4 is 11.2 Å². The minimum Gasteiger partial charge on any atom is -0.368 e. The van der Waals surface area contributed by atoms with E-state index >= 15 is 0 Å². The fourth-order valence-electron chi connectivity index (χ4n) is 2.04. The van der Waals surface area contributed by atoms with Gasteiger partial charge in [-0.1, -0.05) is 36.6 Å². The zero-order valence-electron chi connectivity index (χ0n) is 10.4. The van der Waals surface area contributed by atoms with Crippen molar-refractivity contribution in [3.05, 3.63) is 29.3 Å². The summed E-state index contributed by atoms with van der Waals surface area (Å²) < 4.78 is 0. The highest BCUT2D eigenvalue weighted by Crippen LogP contribution is 2.20. The number of nitrogens with two attached hydrogens (primary N) is 1. The Labute approximate surface area is 113 Å². The Hall–Kier alpha value is -1.42. The van der Waals surface area contributed by atoms with Crippen LogP contribution in [0.25, 0.3) is 0 Å². The van der Waals surface area contributed by atoms with Crippen LogP contribution in [0.3, 0.4) is 0 Å². The summed E-state index contributed by atoms with van der Waals surface area (Å²) in [6.07, 6.45) is 4.92. The molecule has 1 aliphatic heterocycles. The predicted octanol–water partition coefficient (Wildman–Crippen LogP) is 2.86. The van der Waals surface area contributed by atoms with E-state index in [1.54, 1.807) is 0 Å². The predicted molar refractivity (Wildman–Crippen MR) is 76.7 cm³/mol. The first kappa shape index (κ1) is 13.0. The van der Waals surface area contributed by atoms with Crippen LogP contribution in [0, 0.1) is 0 Å². The molecular weight excluding hydrogens is 248 g/mol. The third kappa shape index (κ3) is 3.53. The molecule has 0 radical (unpaired) electrons. The zero-order chi connectivity index (χ0) is 12.8. The van der Waals surface area contributed by atoms with E-state index in [4.69, 9.17) is 17.3 Å². The van der Waals surface area contributed by atoms with E-state index in [0.29, 0.717) is 11.0 Å². The molecule has 0 aromatic heterocycles. The SMILES string of the molecule is N/C(=N\Nc1ccccc1Cl)N1CCCCCC1. The maximum atomic E-state index is 6.03. The quantitative estimate of drug-likeness (QED) is 0.492. The number of nitrogens with one attached hydrogen (secondary N) is 1. The number of benzene rings is 1. The van der Waals surface area contributed by atoms with Crippen molar-refractivity contribution in [3.63, 3.8) is 0 Å². The Bertz CT molecular complexity index is 411. The number of anilines is 1. The van der Waals surface area contributed by atoms with Gasteiger partial charge in [0.15, 0.2) is 0 Å². The molecule has 0 atom stereocenters. The summed E-state index contributed by atoms with van der Waals surface area (Å²) in [5.74, 6) is 0.539. The second-order valence-electron chi connectivity index (χ2n) is 4.46. The zero-order valence-corrected chi connectivity index (χ0v) is 11.2. The molecule has 1 heterocycles. The van der Waals surface area contributed by atoms with Crippen molar-refractivity contribution in [2.75, 3.05) is 18.5 Å². The van der Waals surface area contributed by atoms with Gasteiger partial charge in [-0.15, -0.1) is 5.10 Å². The molecule has 1 fully saturated rings. The number of hydrazone groups is 1. The van der Waals surface area contributed by atoms with E-state index in [9.17, 15) is 0 Å². The Morgan fingerprint density at radius 3 is 2.50 bits per heavy atom. The second-order valence-corrected chi connectivity index (χ2v) is 4.87. The lowest BCUT2D eigenvalue weighted by molar-refractivity contribution is 0.429. The Morgan fingerprint density at radius 1 is 1.17 bits per heavy atom. The first-order chi connectivity index (χ1) is 8.77. The molecule has 0 spiro atoms. The summed E-state index contributed by atoms with van der Waals surface area (Å²) >= 11 is 6.03. The maximum absolute atomic E-state index is 6.03. The maximum Gasteiger partial charge on any atom is 0.214 e. The van der Waals surface area contributed by atoms with Crippen molar-refractivity contribution < 1.29 is 0 Å². The Kier molecular flexibility index (Phi) is 4.70. The van der Waals surface area contributed by atoms with E-state index in [2.05, 4.69) is 15.4 Å². The minimum absolute atomic E-state index is 0.539. The standard InChI is InChI=1S/C13H19ClN4/c14-11-7-3-4-8-12(11)16-17-13(15)18-9-5-1-2-6-10-18/h3-4,7-8,16H,1-2,5-6,9-10H2,(H2,15,17). The molecule has 0 amide bonds. The number of hydrogen-bond donors (Lipinski definition) is 2. The van der Waals surface area contributed by atoms with E-state index in [-0.39, 0.29) is 0 Å². The lowest BCUT2D eigenvalue weighted by atomic mass is 10.2. The van der Waals surface area contributed by atoms with Gasteiger partial charge < -0.3 is 10.6 Å². The van der Waals surface area contributed by atoms with Crippen LogP contribution >= 0.6 is 11.6 Å². The molecule has 3 N–H and O–H groups in total. The number of halogens is 1. The van der Waals surface area contributed by atoms with Gasteiger partial charge >= 0.3 is 0 Å². The molecule has 1 aromatic carbocycles. The highest BCUT2D eigenvalue weighted by molar-refractivity contribution is 6.33. The van der Waals surface area contributed by atoms with Gasteiger partial charge in [0.2, 0.25) is 5.96 Å². The molecule has 1 aliphatic rings. The molecule has 1 aromatic rings. The van der Waals surface area contributed by atoms with E-state index in [1.165, 1.54) is 25.7 Å². The van der Waals surface area contributed by atoms with Gasteiger partial charge in [0.25, 0.3) is 0 Å². The summed E-state index contributed by atoms with van der Waals surface area (Å²) in [5, 5.41) is 4.85. The second kappa shape index (κ2) is 6.50. The minimum atomic E-state index is 0.539. The van der Waals surface area contributed by atoms with E-state index < -0.39 is 0 Å². The highest BCUT2D eigenvalue weighted by Gasteiger charge is 2.10. The molecule has 0 saturated carbocycles. The molecule has 1 saturated heterocycles. The number of guanidine groups is 1. The van der Waals surface area contributed by atoms with Gasteiger partial charge in [0.1, 0.15) is 0 Å². The lowest BCUT2D eigenvalue weighted by Gasteiger charge is -2.20. The molecule has 0 bridgehead atoms. The van der Waals surface area contributed by atoms with Crippen molar-refractivity contribution in [2.45, 2.75) is 25.7 Å². The molecular formula is C13H19ClN4. The fraction of sp³-hybridized carbons (Fsp3) is 0.462. The van der Waals surface area contributed by atoms with Crippen molar-refractivity contribution >= 4 is 23.2 Å². The summed E-state index contributed by atoms with van der Waals surface area (Å²) in [4.78, 5) is 2.12. The normalized spacial score (nSPS) is 17.4. The summed E-state index contributed by atoms with van der Waals surface area (Å²) in [6, 6.07) is 7.49. The molecule has 2 rings (SSSR count). The van der Waals surface area contributed by atoms with Gasteiger partial charge in [-0.3, -0.25) is 5.43 Å². The topological polar surface area (TPSA) is 53.6 Å². The van der Waals surface area contributed by atoms with Crippen LogP contribution in [0.2, 0.25) is 5.02 Å². The van der Waals surface area contributed by atoms with E-state index in [1.807, 2.05) is 24.3 Å². The van der Waals surface area contributed by atoms with Crippen LogP contribution in [0.1, 0.15) is 25.7 Å². The van der Waals surface area contributed by atoms with Crippen molar-refractivity contribution in [3.8, 4) is 0 Å². The molecule has 0 aliphatic carbocycles. The molecule has 4 nitrogen and oxygen atoms in total. The average Bonchev–Trinajstić information content (AvgIpc) is 2.66. The van der Waals surface area contributed by atoms with Crippen LogP contribution in [-0.4, -0.2) is 23.9 Å². The van der Waals surface area contributed by atoms with Gasteiger partial charge in [-0.25, -0.2) is 0 Å². The Morgan fingerprint density at radius 2 is 1.83 bits per heavy atom. The third-order valence-electron chi connectivity index (χ3n) is 3.09. The van der Waals surface area contributed by atoms with Gasteiger partial charge in [-0.05, 0) is 25.0 Å². The van der Waals surface area contributed by atoms with Crippen molar-refractivity contribution in [1.82, 2.24) is 4.90 Å². The first-order valence-corrected chi connectivity index (χ1v) is 6.74. The van der Waals surface area contributed by atoms with Crippen LogP contribution in [0.5, 0.6) is 0 Å². The lowest BCUT2D eigenvalue weighted by Crippen LogP contribution is -2.38. The third-order valence-corrected chi connectivity index (χ3v) is 3.42. The number of nitrogens with zero attached hydrogens (tertiary/aromatic N) is 2.